The van der Waals surface area contributed by atoms with Gasteiger partial charge in [-0.1, -0.05) is 45.4 Å². The van der Waals surface area contributed by atoms with E-state index in [1.54, 1.807) is 16.3 Å². The van der Waals surface area contributed by atoms with Crippen LogP contribution in [-0.2, 0) is 6.54 Å². The van der Waals surface area contributed by atoms with E-state index in [9.17, 15) is 9.59 Å². The first-order valence-electron chi connectivity index (χ1n) is 9.70. The van der Waals surface area contributed by atoms with E-state index in [-0.39, 0.29) is 17.9 Å². The highest BCUT2D eigenvalue weighted by atomic mass is 35.5. The molecule has 0 aliphatic heterocycles. The van der Waals surface area contributed by atoms with Crippen LogP contribution in [-0.4, -0.2) is 34.9 Å². The van der Waals surface area contributed by atoms with Crippen LogP contribution in [0, 0.1) is 18.8 Å². The molecule has 0 aliphatic carbocycles. The maximum absolute atomic E-state index is 12.8. The summed E-state index contributed by atoms with van der Waals surface area (Å²) in [6.45, 7) is 11.6. The summed E-state index contributed by atoms with van der Waals surface area (Å²) in [6.07, 6.45) is 0. The monoisotopic (exact) mass is 436 g/mol. The number of nitrogens with one attached hydrogen (secondary N) is 2. The van der Waals surface area contributed by atoms with Crippen molar-refractivity contribution in [2.24, 2.45) is 11.8 Å². The number of carbonyl (C=O) groups excluding carboxylic acids is 2. The van der Waals surface area contributed by atoms with Gasteiger partial charge in [0.2, 0.25) is 0 Å². The number of benzene rings is 1. The van der Waals surface area contributed by atoms with Crippen molar-refractivity contribution in [2.75, 3.05) is 18.4 Å². The minimum atomic E-state index is -0.223. The number of aromatic nitrogens is 1. The minimum Gasteiger partial charge on any atom is -0.350 e. The van der Waals surface area contributed by atoms with Crippen molar-refractivity contribution in [3.63, 3.8) is 0 Å². The first-order valence-corrected chi connectivity index (χ1v) is 11.0. The predicted octanol–water partition coefficient (Wildman–Crippen LogP) is 5.18. The highest BCUT2D eigenvalue weighted by Gasteiger charge is 2.19. The molecule has 1 heterocycles. The summed E-state index contributed by atoms with van der Waals surface area (Å²) in [7, 11) is 0. The van der Waals surface area contributed by atoms with Crippen molar-refractivity contribution < 1.29 is 9.59 Å². The number of anilines is 1. The molecular formula is C21H29ClN4O2S. The average Bonchev–Trinajstić information content (AvgIpc) is 3.10. The molecule has 2 aromatic rings. The molecule has 0 aliphatic rings. The molecule has 29 heavy (non-hydrogen) atoms. The number of urea groups is 1. The molecule has 2 rings (SSSR count). The van der Waals surface area contributed by atoms with Gasteiger partial charge in [-0.15, -0.1) is 11.3 Å². The van der Waals surface area contributed by atoms with E-state index in [0.29, 0.717) is 42.0 Å². The van der Waals surface area contributed by atoms with Crippen LogP contribution < -0.4 is 10.6 Å². The Bertz CT molecular complexity index is 851. The molecule has 6 nitrogen and oxygen atoms in total. The Morgan fingerprint density at radius 2 is 1.93 bits per heavy atom. The number of hydrogen-bond acceptors (Lipinski definition) is 4. The smallest absolute Gasteiger partial charge is 0.322 e. The molecule has 0 saturated carbocycles. The van der Waals surface area contributed by atoms with E-state index in [1.165, 1.54) is 11.3 Å². The van der Waals surface area contributed by atoms with Crippen LogP contribution in [0.4, 0.5) is 10.5 Å². The van der Waals surface area contributed by atoms with Crippen molar-refractivity contribution in [2.45, 2.75) is 41.2 Å². The molecular weight excluding hydrogens is 408 g/mol. The molecule has 0 fully saturated rings. The minimum absolute atomic E-state index is 0.185. The summed E-state index contributed by atoms with van der Waals surface area (Å²) < 4.78 is 0. The van der Waals surface area contributed by atoms with E-state index in [0.717, 1.165) is 10.6 Å². The van der Waals surface area contributed by atoms with Gasteiger partial charge >= 0.3 is 6.03 Å². The van der Waals surface area contributed by atoms with Gasteiger partial charge in [0.25, 0.3) is 5.91 Å². The lowest BCUT2D eigenvalue weighted by Crippen LogP contribution is -2.37. The third-order valence-electron chi connectivity index (χ3n) is 4.08. The highest BCUT2D eigenvalue weighted by Crippen LogP contribution is 2.21. The van der Waals surface area contributed by atoms with Crippen LogP contribution in [0.15, 0.2) is 23.6 Å². The summed E-state index contributed by atoms with van der Waals surface area (Å²) in [5.41, 5.74) is 1.99. The number of thiazole rings is 1. The standard InChI is InChI=1S/C21H29ClN4O2S/c1-13(2)9-23-20(27)18-12-29-19(25-18)11-26(10-14(3)4)21(28)24-16-7-6-15(5)17(22)8-16/h6-8,12-14H,9-11H2,1-5H3,(H,23,27)(H,24,28). The Kier molecular flexibility index (Phi) is 8.46. The fourth-order valence-corrected chi connectivity index (χ4v) is 3.54. The Morgan fingerprint density at radius 3 is 2.55 bits per heavy atom. The molecule has 1 aromatic carbocycles. The molecule has 2 N–H and O–H groups in total. The Labute approximate surface area is 181 Å². The summed E-state index contributed by atoms with van der Waals surface area (Å²) in [5.74, 6) is 0.476. The van der Waals surface area contributed by atoms with Crippen LogP contribution >= 0.6 is 22.9 Å². The molecule has 158 valence electrons. The molecule has 0 saturated heterocycles. The van der Waals surface area contributed by atoms with Crippen molar-refractivity contribution >= 4 is 40.6 Å². The van der Waals surface area contributed by atoms with Crippen LogP contribution in [0.3, 0.4) is 0 Å². The summed E-state index contributed by atoms with van der Waals surface area (Å²) in [6, 6.07) is 5.21. The second-order valence-corrected chi connectivity index (χ2v) is 9.25. The lowest BCUT2D eigenvalue weighted by molar-refractivity contribution is 0.0944. The zero-order valence-electron chi connectivity index (χ0n) is 17.6. The zero-order chi connectivity index (χ0) is 21.6. The summed E-state index contributed by atoms with van der Waals surface area (Å²) >= 11 is 7.54. The summed E-state index contributed by atoms with van der Waals surface area (Å²) in [4.78, 5) is 31.1. The van der Waals surface area contributed by atoms with E-state index in [4.69, 9.17) is 11.6 Å². The molecule has 8 heteroatoms. The van der Waals surface area contributed by atoms with E-state index >= 15 is 0 Å². The third-order valence-corrected chi connectivity index (χ3v) is 5.32. The van der Waals surface area contributed by atoms with Gasteiger partial charge in [0.05, 0.1) is 6.54 Å². The molecule has 1 aromatic heterocycles. The maximum atomic E-state index is 12.8. The molecule has 0 radical (unpaired) electrons. The zero-order valence-corrected chi connectivity index (χ0v) is 19.2. The fraction of sp³-hybridized carbons (Fsp3) is 0.476. The third kappa shape index (κ3) is 7.33. The molecule has 0 bridgehead atoms. The number of carbonyl (C=O) groups is 2. The van der Waals surface area contributed by atoms with Crippen molar-refractivity contribution in [3.8, 4) is 0 Å². The van der Waals surface area contributed by atoms with E-state index < -0.39 is 0 Å². The first kappa shape index (κ1) is 23.2. The quantitative estimate of drug-likeness (QED) is 0.598. The van der Waals surface area contributed by atoms with E-state index in [2.05, 4.69) is 29.5 Å². The van der Waals surface area contributed by atoms with Gasteiger partial charge < -0.3 is 15.5 Å². The Hall–Kier alpha value is -2.12. The largest absolute Gasteiger partial charge is 0.350 e. The van der Waals surface area contributed by atoms with Gasteiger partial charge in [-0.25, -0.2) is 9.78 Å². The first-order chi connectivity index (χ1) is 13.7. The van der Waals surface area contributed by atoms with Crippen LogP contribution in [0.25, 0.3) is 0 Å². The van der Waals surface area contributed by atoms with Crippen LogP contribution in [0.5, 0.6) is 0 Å². The number of halogens is 1. The second kappa shape index (κ2) is 10.6. The van der Waals surface area contributed by atoms with Gasteiger partial charge in [-0.05, 0) is 36.5 Å². The lowest BCUT2D eigenvalue weighted by Gasteiger charge is -2.24. The maximum Gasteiger partial charge on any atom is 0.322 e. The number of amides is 3. The van der Waals surface area contributed by atoms with Gasteiger partial charge in [0.15, 0.2) is 0 Å². The van der Waals surface area contributed by atoms with E-state index in [1.807, 2.05) is 32.9 Å². The average molecular weight is 437 g/mol. The van der Waals surface area contributed by atoms with Gasteiger partial charge in [-0.2, -0.15) is 0 Å². The predicted molar refractivity (Wildman–Crippen MR) is 120 cm³/mol. The van der Waals surface area contributed by atoms with Gasteiger partial charge in [0.1, 0.15) is 10.7 Å². The molecule has 3 amide bonds. The number of rotatable bonds is 8. The SMILES string of the molecule is Cc1ccc(NC(=O)N(Cc2nc(C(=O)NCC(C)C)cs2)CC(C)C)cc1Cl. The van der Waals surface area contributed by atoms with Crippen molar-refractivity contribution in [1.29, 1.82) is 0 Å². The second-order valence-electron chi connectivity index (χ2n) is 7.90. The topological polar surface area (TPSA) is 74.3 Å². The van der Waals surface area contributed by atoms with Gasteiger partial charge in [0, 0.05) is 29.2 Å². The number of hydrogen-bond donors (Lipinski definition) is 2. The molecule has 0 unspecified atom stereocenters. The lowest BCUT2D eigenvalue weighted by atomic mass is 10.2. The van der Waals surface area contributed by atoms with Crippen LogP contribution in [0.2, 0.25) is 5.02 Å². The van der Waals surface area contributed by atoms with Crippen LogP contribution in [0.1, 0.15) is 48.8 Å². The highest BCUT2D eigenvalue weighted by molar-refractivity contribution is 7.09. The van der Waals surface area contributed by atoms with Crippen molar-refractivity contribution in [1.82, 2.24) is 15.2 Å². The molecule has 0 atom stereocenters. The summed E-state index contributed by atoms with van der Waals surface area (Å²) in [5, 5.41) is 8.82. The Morgan fingerprint density at radius 1 is 1.21 bits per heavy atom. The van der Waals surface area contributed by atoms with Crippen molar-refractivity contribution in [3.05, 3.63) is 44.9 Å². The number of nitrogens with zero attached hydrogens (tertiary/aromatic N) is 2. The Balaban J connectivity index is 2.07. The normalized spacial score (nSPS) is 11.0. The number of aryl methyl sites for hydroxylation is 1. The molecule has 0 spiro atoms. The van der Waals surface area contributed by atoms with Gasteiger partial charge in [-0.3, -0.25) is 4.79 Å². The fourth-order valence-electron chi connectivity index (χ4n) is 2.57.